The van der Waals surface area contributed by atoms with Gasteiger partial charge >= 0.3 is 0 Å². The monoisotopic (exact) mass is 270 g/mol. The summed E-state index contributed by atoms with van der Waals surface area (Å²) in [7, 11) is 0. The van der Waals surface area contributed by atoms with Crippen LogP contribution in [0.2, 0.25) is 0 Å². The number of nitrogens with two attached hydrogens (primary N) is 1. The second-order valence-corrected chi connectivity index (χ2v) is 5.44. The Kier molecular flexibility index (Phi) is 4.40. The molecule has 0 saturated carbocycles. The lowest BCUT2D eigenvalue weighted by Gasteiger charge is -2.13. The Balaban J connectivity index is 2.34. The van der Waals surface area contributed by atoms with E-state index in [2.05, 4.69) is 37.0 Å². The van der Waals surface area contributed by atoms with Gasteiger partial charge in [0.1, 0.15) is 5.75 Å². The molecule has 0 atom stereocenters. The lowest BCUT2D eigenvalue weighted by Crippen LogP contribution is -2.00. The van der Waals surface area contributed by atoms with E-state index in [0.29, 0.717) is 18.3 Å². The molecule has 2 rings (SSSR count). The second-order valence-electron chi connectivity index (χ2n) is 5.44. The predicted octanol–water partition coefficient (Wildman–Crippen LogP) is 4.07. The van der Waals surface area contributed by atoms with Crippen molar-refractivity contribution in [2.24, 2.45) is 5.73 Å². The first kappa shape index (κ1) is 14.5. The summed E-state index contributed by atoms with van der Waals surface area (Å²) < 4.78 is 5.96. The zero-order valence-corrected chi connectivity index (χ0v) is 12.6. The molecule has 0 radical (unpaired) electrons. The molecule has 106 valence electrons. The molecule has 20 heavy (non-hydrogen) atoms. The van der Waals surface area contributed by atoms with E-state index >= 15 is 0 Å². The van der Waals surface area contributed by atoms with Gasteiger partial charge in [0.05, 0.1) is 0 Å². The molecule has 0 spiro atoms. The maximum absolute atomic E-state index is 5.96. The summed E-state index contributed by atoms with van der Waals surface area (Å²) >= 11 is 0. The summed E-state index contributed by atoms with van der Waals surface area (Å²) in [6.45, 7) is 8.82. The van der Waals surface area contributed by atoms with Crippen LogP contribution in [0.5, 0.6) is 11.6 Å². The number of aromatic nitrogens is 1. The van der Waals surface area contributed by atoms with Crippen molar-refractivity contribution in [1.29, 1.82) is 0 Å². The lowest BCUT2D eigenvalue weighted by atomic mass is 10.0. The molecule has 0 unspecified atom stereocenters. The Hall–Kier alpha value is -1.87. The smallest absolute Gasteiger partial charge is 0.219 e. The third-order valence-corrected chi connectivity index (χ3v) is 3.32. The zero-order chi connectivity index (χ0) is 14.7. The highest BCUT2D eigenvalue weighted by atomic mass is 16.5. The van der Waals surface area contributed by atoms with Crippen LogP contribution in [-0.4, -0.2) is 4.98 Å². The van der Waals surface area contributed by atoms with Gasteiger partial charge in [0.15, 0.2) is 0 Å². The van der Waals surface area contributed by atoms with Crippen molar-refractivity contribution < 1.29 is 4.74 Å². The van der Waals surface area contributed by atoms with E-state index in [-0.39, 0.29) is 0 Å². The average molecular weight is 270 g/mol. The van der Waals surface area contributed by atoms with Gasteiger partial charge in [0, 0.05) is 18.3 Å². The number of hydrogen-bond acceptors (Lipinski definition) is 3. The number of aryl methyl sites for hydroxylation is 2. The SMILES string of the molecule is Cc1cc(CN)cc(Oc2cc(C(C)C)ccc2C)n1. The maximum atomic E-state index is 5.96. The highest BCUT2D eigenvalue weighted by molar-refractivity contribution is 5.40. The summed E-state index contributed by atoms with van der Waals surface area (Å²) in [5.74, 6) is 1.94. The van der Waals surface area contributed by atoms with Gasteiger partial charge < -0.3 is 10.5 Å². The van der Waals surface area contributed by atoms with Gasteiger partial charge in [-0.25, -0.2) is 4.98 Å². The second kappa shape index (κ2) is 6.06. The van der Waals surface area contributed by atoms with Crippen molar-refractivity contribution in [3.8, 4) is 11.6 Å². The fourth-order valence-electron chi connectivity index (χ4n) is 2.08. The Bertz CT molecular complexity index is 606. The number of rotatable bonds is 4. The van der Waals surface area contributed by atoms with Crippen LogP contribution >= 0.6 is 0 Å². The van der Waals surface area contributed by atoms with Crippen LogP contribution < -0.4 is 10.5 Å². The molecule has 1 aromatic heterocycles. The van der Waals surface area contributed by atoms with Gasteiger partial charge in [-0.2, -0.15) is 0 Å². The number of ether oxygens (including phenoxy) is 1. The molecule has 0 aliphatic rings. The maximum Gasteiger partial charge on any atom is 0.219 e. The minimum absolute atomic E-state index is 0.475. The number of hydrogen-bond donors (Lipinski definition) is 1. The van der Waals surface area contributed by atoms with E-state index in [1.165, 1.54) is 5.56 Å². The van der Waals surface area contributed by atoms with Gasteiger partial charge in [-0.3, -0.25) is 0 Å². The quantitative estimate of drug-likeness (QED) is 0.911. The molecule has 1 aromatic carbocycles. The molecule has 3 nitrogen and oxygen atoms in total. The molecule has 0 aliphatic carbocycles. The molecular formula is C17H22N2O. The molecule has 0 amide bonds. The molecule has 1 heterocycles. The highest BCUT2D eigenvalue weighted by Gasteiger charge is 2.08. The fourth-order valence-corrected chi connectivity index (χ4v) is 2.08. The van der Waals surface area contributed by atoms with E-state index < -0.39 is 0 Å². The normalized spacial score (nSPS) is 10.9. The summed E-state index contributed by atoms with van der Waals surface area (Å²) in [6, 6.07) is 10.2. The largest absolute Gasteiger partial charge is 0.439 e. The minimum Gasteiger partial charge on any atom is -0.439 e. The van der Waals surface area contributed by atoms with Crippen molar-refractivity contribution in [1.82, 2.24) is 4.98 Å². The van der Waals surface area contributed by atoms with Gasteiger partial charge in [-0.1, -0.05) is 26.0 Å². The van der Waals surface area contributed by atoms with Gasteiger partial charge in [-0.05, 0) is 48.6 Å². The van der Waals surface area contributed by atoms with E-state index in [4.69, 9.17) is 10.5 Å². The number of benzene rings is 1. The molecule has 3 heteroatoms. The minimum atomic E-state index is 0.475. The number of pyridine rings is 1. The third-order valence-electron chi connectivity index (χ3n) is 3.32. The standard InChI is InChI=1S/C17H22N2O/c1-11(2)15-6-5-12(3)16(9-15)20-17-8-14(10-18)7-13(4)19-17/h5-9,11H,10,18H2,1-4H3. The van der Waals surface area contributed by atoms with Crippen LogP contribution in [0.15, 0.2) is 30.3 Å². The van der Waals surface area contributed by atoms with Crippen LogP contribution in [0.25, 0.3) is 0 Å². The summed E-state index contributed by atoms with van der Waals surface area (Å²) in [4.78, 5) is 4.41. The van der Waals surface area contributed by atoms with Crippen LogP contribution in [0.3, 0.4) is 0 Å². The average Bonchev–Trinajstić information content (AvgIpc) is 2.40. The Labute approximate surface area is 120 Å². The molecule has 0 aliphatic heterocycles. The first-order valence-corrected chi connectivity index (χ1v) is 6.95. The van der Waals surface area contributed by atoms with Crippen molar-refractivity contribution in [3.05, 3.63) is 52.7 Å². The Morgan fingerprint density at radius 3 is 2.55 bits per heavy atom. The Morgan fingerprint density at radius 1 is 1.15 bits per heavy atom. The summed E-state index contributed by atoms with van der Waals surface area (Å²) in [5.41, 5.74) is 10.0. The van der Waals surface area contributed by atoms with E-state index in [0.717, 1.165) is 22.6 Å². The van der Waals surface area contributed by atoms with Crippen LogP contribution in [0.4, 0.5) is 0 Å². The highest BCUT2D eigenvalue weighted by Crippen LogP contribution is 2.28. The van der Waals surface area contributed by atoms with Crippen molar-refractivity contribution in [2.45, 2.75) is 40.2 Å². The molecule has 2 aromatic rings. The summed E-state index contributed by atoms with van der Waals surface area (Å²) in [5, 5.41) is 0. The van der Waals surface area contributed by atoms with E-state index in [9.17, 15) is 0 Å². The molecular weight excluding hydrogens is 248 g/mol. The first-order chi connectivity index (χ1) is 9.49. The number of nitrogens with zero attached hydrogens (tertiary/aromatic N) is 1. The van der Waals surface area contributed by atoms with Crippen LogP contribution in [0, 0.1) is 13.8 Å². The van der Waals surface area contributed by atoms with E-state index in [1.54, 1.807) is 0 Å². The van der Waals surface area contributed by atoms with E-state index in [1.807, 2.05) is 26.0 Å². The van der Waals surface area contributed by atoms with Gasteiger partial charge in [-0.15, -0.1) is 0 Å². The molecule has 0 saturated heterocycles. The first-order valence-electron chi connectivity index (χ1n) is 6.95. The Morgan fingerprint density at radius 2 is 1.90 bits per heavy atom. The van der Waals surface area contributed by atoms with Crippen LogP contribution in [-0.2, 0) is 6.54 Å². The van der Waals surface area contributed by atoms with Crippen LogP contribution in [0.1, 0.15) is 42.1 Å². The van der Waals surface area contributed by atoms with Crippen molar-refractivity contribution in [2.75, 3.05) is 0 Å². The molecule has 0 fully saturated rings. The van der Waals surface area contributed by atoms with Gasteiger partial charge in [0.25, 0.3) is 0 Å². The van der Waals surface area contributed by atoms with Crippen molar-refractivity contribution in [3.63, 3.8) is 0 Å². The molecule has 2 N–H and O–H groups in total. The fraction of sp³-hybridized carbons (Fsp3) is 0.353. The van der Waals surface area contributed by atoms with Gasteiger partial charge in [0.2, 0.25) is 5.88 Å². The predicted molar refractivity (Wildman–Crippen MR) is 82.2 cm³/mol. The summed E-state index contributed by atoms with van der Waals surface area (Å²) in [6.07, 6.45) is 0. The lowest BCUT2D eigenvalue weighted by molar-refractivity contribution is 0.456. The van der Waals surface area contributed by atoms with Crippen molar-refractivity contribution >= 4 is 0 Å². The zero-order valence-electron chi connectivity index (χ0n) is 12.6. The third kappa shape index (κ3) is 3.36. The molecule has 0 bridgehead atoms. The topological polar surface area (TPSA) is 48.1 Å².